The summed E-state index contributed by atoms with van der Waals surface area (Å²) in [5.74, 6) is -0.135. The van der Waals surface area contributed by atoms with Gasteiger partial charge in [0.1, 0.15) is 0 Å². The van der Waals surface area contributed by atoms with Gasteiger partial charge in [-0.15, -0.1) is 6.58 Å². The van der Waals surface area contributed by atoms with Gasteiger partial charge < -0.3 is 14.8 Å². The lowest BCUT2D eigenvalue weighted by molar-refractivity contribution is 0.187. The number of allylic oxidation sites excluding steroid dienone is 1. The summed E-state index contributed by atoms with van der Waals surface area (Å²) < 4.78 is 27.6. The van der Waals surface area contributed by atoms with Crippen molar-refractivity contribution < 1.29 is 13.2 Å². The molecule has 0 saturated carbocycles. The number of imidazole rings is 1. The Balaban J connectivity index is 2.32. The first-order valence-corrected chi connectivity index (χ1v) is 11.2. The summed E-state index contributed by atoms with van der Waals surface area (Å²) in [7, 11) is -3.65. The zero-order valence-corrected chi connectivity index (χ0v) is 18.4. The van der Waals surface area contributed by atoms with E-state index >= 15 is 0 Å². The predicted molar refractivity (Wildman–Crippen MR) is 114 cm³/mol. The monoisotopic (exact) mass is 418 g/mol. The van der Waals surface area contributed by atoms with Crippen molar-refractivity contribution in [1.82, 2.24) is 19.8 Å². The number of hydrogen-bond donors (Lipinski definition) is 1. The molecule has 0 spiro atoms. The first kappa shape index (κ1) is 22.7. The molecular weight excluding hydrogens is 388 g/mol. The molecular formula is C21H30N4O3S. The zero-order valence-electron chi connectivity index (χ0n) is 17.6. The van der Waals surface area contributed by atoms with E-state index in [-0.39, 0.29) is 35.6 Å². The number of carbonyl (C=O) groups is 1. The van der Waals surface area contributed by atoms with Gasteiger partial charge in [0.2, 0.25) is 15.0 Å². The summed E-state index contributed by atoms with van der Waals surface area (Å²) in [6, 6.07) is 8.79. The summed E-state index contributed by atoms with van der Waals surface area (Å²) in [5.41, 5.74) is 0.972. The minimum Gasteiger partial charge on any atom is -0.333 e. The maximum Gasteiger partial charge on any atom is 0.318 e. The third kappa shape index (κ3) is 6.19. The minimum atomic E-state index is -3.65. The Morgan fingerprint density at radius 3 is 2.48 bits per heavy atom. The molecule has 7 nitrogen and oxygen atoms in total. The number of aromatic nitrogens is 2. The maximum atomic E-state index is 13.0. The summed E-state index contributed by atoms with van der Waals surface area (Å²) in [5, 5.41) is 2.92. The fourth-order valence-corrected chi connectivity index (χ4v) is 4.37. The van der Waals surface area contributed by atoms with Crippen molar-refractivity contribution in [3.05, 3.63) is 60.4 Å². The molecule has 0 fully saturated rings. The van der Waals surface area contributed by atoms with E-state index in [0.29, 0.717) is 17.8 Å². The first-order chi connectivity index (χ1) is 13.6. The average Bonchev–Trinajstić information content (AvgIpc) is 3.02. The molecule has 1 heterocycles. The van der Waals surface area contributed by atoms with E-state index in [0.717, 1.165) is 0 Å². The fraction of sp³-hybridized carbons (Fsp3) is 0.429. The highest BCUT2D eigenvalue weighted by Crippen LogP contribution is 2.19. The number of urea groups is 1. The molecule has 0 radical (unpaired) electrons. The molecule has 29 heavy (non-hydrogen) atoms. The SMILES string of the molecule is C=CCn1c(CN(CC)C(=O)NC(C)(C)C)cnc1S(=O)(=O)Cc1ccccc1. The van der Waals surface area contributed by atoms with E-state index in [1.807, 2.05) is 33.8 Å². The second kappa shape index (κ2) is 9.26. The van der Waals surface area contributed by atoms with Gasteiger partial charge in [0.25, 0.3) is 0 Å². The third-order valence-corrected chi connectivity index (χ3v) is 5.79. The quantitative estimate of drug-likeness (QED) is 0.666. The highest BCUT2D eigenvalue weighted by molar-refractivity contribution is 7.90. The number of amides is 2. The van der Waals surface area contributed by atoms with Gasteiger partial charge in [0, 0.05) is 18.6 Å². The van der Waals surface area contributed by atoms with Crippen molar-refractivity contribution in [2.45, 2.75) is 57.2 Å². The standard InChI is InChI=1S/C21H30N4O3S/c1-6-13-25-18(15-24(7-2)19(26)23-21(3,4)5)14-22-20(25)29(27,28)16-17-11-9-8-10-12-17/h6,8-12,14H,1,7,13,15-16H2,2-5H3,(H,23,26). The number of sulfone groups is 1. The van der Waals surface area contributed by atoms with Crippen LogP contribution in [0.15, 0.2) is 54.3 Å². The summed E-state index contributed by atoms with van der Waals surface area (Å²) in [4.78, 5) is 18.4. The van der Waals surface area contributed by atoms with Crippen LogP contribution in [-0.2, 0) is 28.7 Å². The molecule has 2 rings (SSSR count). The van der Waals surface area contributed by atoms with Gasteiger partial charge >= 0.3 is 6.03 Å². The molecule has 0 atom stereocenters. The van der Waals surface area contributed by atoms with Crippen molar-refractivity contribution in [2.75, 3.05) is 6.54 Å². The molecule has 0 bridgehead atoms. The normalized spacial score (nSPS) is 11.9. The molecule has 0 aliphatic rings. The Bertz CT molecular complexity index is 944. The molecule has 1 N–H and O–H groups in total. The van der Waals surface area contributed by atoms with E-state index in [9.17, 15) is 13.2 Å². The second-order valence-corrected chi connectivity index (χ2v) is 9.75. The lowest BCUT2D eigenvalue weighted by atomic mass is 10.1. The van der Waals surface area contributed by atoms with Crippen LogP contribution in [0.4, 0.5) is 4.79 Å². The van der Waals surface area contributed by atoms with Crippen molar-refractivity contribution in [2.24, 2.45) is 0 Å². The van der Waals surface area contributed by atoms with E-state index in [1.54, 1.807) is 39.8 Å². The summed E-state index contributed by atoms with van der Waals surface area (Å²) in [6.07, 6.45) is 3.15. The highest BCUT2D eigenvalue weighted by Gasteiger charge is 2.25. The summed E-state index contributed by atoms with van der Waals surface area (Å²) in [6.45, 7) is 12.4. The topological polar surface area (TPSA) is 84.3 Å². The molecule has 0 aliphatic carbocycles. The van der Waals surface area contributed by atoms with E-state index in [2.05, 4.69) is 16.9 Å². The van der Waals surface area contributed by atoms with Crippen LogP contribution in [0.1, 0.15) is 39.0 Å². The Morgan fingerprint density at radius 2 is 1.93 bits per heavy atom. The van der Waals surface area contributed by atoms with Crippen molar-refractivity contribution in [1.29, 1.82) is 0 Å². The van der Waals surface area contributed by atoms with Gasteiger partial charge in [0.05, 0.1) is 24.2 Å². The lowest BCUT2D eigenvalue weighted by Gasteiger charge is -2.27. The number of nitrogens with one attached hydrogen (secondary N) is 1. The number of rotatable bonds is 8. The number of nitrogens with zero attached hydrogens (tertiary/aromatic N) is 3. The van der Waals surface area contributed by atoms with Crippen molar-refractivity contribution >= 4 is 15.9 Å². The second-order valence-electron chi connectivity index (χ2n) is 7.87. The van der Waals surface area contributed by atoms with Gasteiger partial charge in [-0.25, -0.2) is 18.2 Å². The van der Waals surface area contributed by atoms with E-state index < -0.39 is 9.84 Å². The molecule has 1 aromatic carbocycles. The number of hydrogen-bond acceptors (Lipinski definition) is 4. The smallest absolute Gasteiger partial charge is 0.318 e. The van der Waals surface area contributed by atoms with Gasteiger partial charge in [-0.3, -0.25) is 0 Å². The summed E-state index contributed by atoms with van der Waals surface area (Å²) >= 11 is 0. The van der Waals surface area contributed by atoms with Gasteiger partial charge in [-0.1, -0.05) is 36.4 Å². The van der Waals surface area contributed by atoms with Crippen LogP contribution in [0.5, 0.6) is 0 Å². The van der Waals surface area contributed by atoms with Crippen LogP contribution in [0, 0.1) is 0 Å². The van der Waals surface area contributed by atoms with Crippen molar-refractivity contribution in [3.8, 4) is 0 Å². The fourth-order valence-electron chi connectivity index (χ4n) is 2.87. The largest absolute Gasteiger partial charge is 0.333 e. The Kier molecular flexibility index (Phi) is 7.24. The maximum absolute atomic E-state index is 13.0. The molecule has 2 amide bonds. The predicted octanol–water partition coefficient (Wildman–Crippen LogP) is 3.37. The molecule has 0 aliphatic heterocycles. The Morgan fingerprint density at radius 1 is 1.28 bits per heavy atom. The van der Waals surface area contributed by atoms with Crippen LogP contribution in [0.25, 0.3) is 0 Å². The number of benzene rings is 1. The molecule has 8 heteroatoms. The van der Waals surface area contributed by atoms with Gasteiger partial charge in [0.15, 0.2) is 0 Å². The van der Waals surface area contributed by atoms with Crippen LogP contribution >= 0.6 is 0 Å². The molecule has 0 saturated heterocycles. The van der Waals surface area contributed by atoms with Crippen LogP contribution in [0.2, 0.25) is 0 Å². The lowest BCUT2D eigenvalue weighted by Crippen LogP contribution is -2.48. The van der Waals surface area contributed by atoms with Gasteiger partial charge in [-0.05, 0) is 33.3 Å². The van der Waals surface area contributed by atoms with Crippen LogP contribution in [0.3, 0.4) is 0 Å². The Hall–Kier alpha value is -2.61. The first-order valence-electron chi connectivity index (χ1n) is 9.56. The number of carbonyl (C=O) groups excluding carboxylic acids is 1. The zero-order chi connectivity index (χ0) is 21.7. The molecule has 0 unspecified atom stereocenters. The van der Waals surface area contributed by atoms with E-state index in [4.69, 9.17) is 0 Å². The van der Waals surface area contributed by atoms with Crippen LogP contribution in [-0.4, -0.2) is 41.0 Å². The molecule has 2 aromatic rings. The molecule has 158 valence electrons. The van der Waals surface area contributed by atoms with E-state index in [1.165, 1.54) is 6.20 Å². The highest BCUT2D eigenvalue weighted by atomic mass is 32.2. The third-order valence-electron chi connectivity index (χ3n) is 4.19. The van der Waals surface area contributed by atoms with Crippen LogP contribution < -0.4 is 5.32 Å². The van der Waals surface area contributed by atoms with Crippen molar-refractivity contribution in [3.63, 3.8) is 0 Å². The minimum absolute atomic E-state index is 0.0106. The average molecular weight is 419 g/mol. The Labute approximate surface area is 173 Å². The van der Waals surface area contributed by atoms with Gasteiger partial charge in [-0.2, -0.15) is 0 Å². The molecule has 1 aromatic heterocycles.